The van der Waals surface area contributed by atoms with Gasteiger partial charge in [0, 0.05) is 30.6 Å². The minimum absolute atomic E-state index is 0.00911. The Kier molecular flexibility index (Phi) is 6.12. The maximum atomic E-state index is 13.3. The van der Waals surface area contributed by atoms with Crippen LogP contribution in [0.5, 0.6) is 0 Å². The molecule has 0 spiro atoms. The summed E-state index contributed by atoms with van der Waals surface area (Å²) in [7, 11) is 1.92. The molecule has 36 heavy (non-hydrogen) atoms. The molecular formula is C29H35F3N2O2. The fourth-order valence-corrected chi connectivity index (χ4v) is 8.26. The van der Waals surface area contributed by atoms with E-state index < -0.39 is 11.7 Å². The van der Waals surface area contributed by atoms with Crippen molar-refractivity contribution in [2.24, 2.45) is 28.6 Å². The summed E-state index contributed by atoms with van der Waals surface area (Å²) in [6, 6.07) is 5.55. The molecule has 4 nitrogen and oxygen atoms in total. The molecule has 1 N–H and O–H groups in total. The zero-order valence-corrected chi connectivity index (χ0v) is 21.1. The van der Waals surface area contributed by atoms with Crippen LogP contribution >= 0.6 is 0 Å². The Morgan fingerprint density at radius 1 is 1.08 bits per heavy atom. The summed E-state index contributed by atoms with van der Waals surface area (Å²) in [5, 5.41) is 3.15. The van der Waals surface area contributed by atoms with E-state index in [2.05, 4.69) is 25.2 Å². The number of benzene rings is 1. The molecule has 0 unspecified atom stereocenters. The Morgan fingerprint density at radius 3 is 2.58 bits per heavy atom. The molecule has 194 valence electrons. The molecule has 1 aliphatic heterocycles. The molecule has 7 heteroatoms. The average Bonchev–Trinajstić information content (AvgIpc) is 3.16. The minimum atomic E-state index is -4.46. The maximum Gasteiger partial charge on any atom is 0.416 e. The number of nitrogens with zero attached hydrogens (tertiary/aromatic N) is 1. The van der Waals surface area contributed by atoms with E-state index in [-0.39, 0.29) is 40.3 Å². The van der Waals surface area contributed by atoms with Crippen LogP contribution in [0.1, 0.15) is 63.5 Å². The van der Waals surface area contributed by atoms with Gasteiger partial charge in [-0.3, -0.25) is 9.59 Å². The van der Waals surface area contributed by atoms with Crippen LogP contribution in [0.15, 0.2) is 42.5 Å². The van der Waals surface area contributed by atoms with E-state index >= 15 is 0 Å². The molecule has 1 heterocycles. The van der Waals surface area contributed by atoms with Gasteiger partial charge < -0.3 is 10.2 Å². The summed E-state index contributed by atoms with van der Waals surface area (Å²) in [5.41, 5.74) is -0.806. The van der Waals surface area contributed by atoms with Gasteiger partial charge in [0.2, 0.25) is 11.8 Å². The molecule has 2 amide bonds. The zero-order valence-electron chi connectivity index (χ0n) is 21.1. The lowest BCUT2D eigenvalue weighted by atomic mass is 9.48. The highest BCUT2D eigenvalue weighted by Gasteiger charge is 2.60. The lowest BCUT2D eigenvalue weighted by Gasteiger charge is -2.60. The predicted molar refractivity (Wildman–Crippen MR) is 132 cm³/mol. The van der Waals surface area contributed by atoms with Crippen molar-refractivity contribution < 1.29 is 22.8 Å². The number of fused-ring (bicyclic) bond motifs is 5. The predicted octanol–water partition coefficient (Wildman–Crippen LogP) is 5.84. The van der Waals surface area contributed by atoms with Crippen molar-refractivity contribution in [2.75, 3.05) is 7.05 Å². The van der Waals surface area contributed by atoms with Gasteiger partial charge in [-0.25, -0.2) is 0 Å². The van der Waals surface area contributed by atoms with Crippen molar-refractivity contribution in [1.82, 2.24) is 10.2 Å². The first-order valence-electron chi connectivity index (χ1n) is 13.1. The van der Waals surface area contributed by atoms with Crippen LogP contribution in [-0.4, -0.2) is 35.8 Å². The first-order valence-corrected chi connectivity index (χ1v) is 13.1. The number of rotatable bonds is 3. The maximum absolute atomic E-state index is 13.3. The lowest BCUT2D eigenvalue weighted by molar-refractivity contribution is -0.139. The van der Waals surface area contributed by atoms with Gasteiger partial charge in [-0.05, 0) is 85.5 Å². The summed E-state index contributed by atoms with van der Waals surface area (Å²) in [6.07, 6.45) is 8.01. The number of hydrogen-bond acceptors (Lipinski definition) is 2. The van der Waals surface area contributed by atoms with Crippen LogP contribution in [0, 0.1) is 28.6 Å². The third-order valence-electron chi connectivity index (χ3n) is 10.1. The number of carbonyl (C=O) groups is 2. The molecular weight excluding hydrogens is 465 g/mol. The molecule has 3 fully saturated rings. The summed E-state index contributed by atoms with van der Waals surface area (Å²) in [5.74, 6) is 1.30. The number of amides is 2. The Bertz CT molecular complexity index is 1110. The van der Waals surface area contributed by atoms with Crippen molar-refractivity contribution >= 4 is 17.9 Å². The first kappa shape index (κ1) is 25.1. The SMILES string of the molecule is CN1C(=O)C=C[C@]2(C)[C@H]3CC[C@]4(C)[C@@H](NC(=O)/C=C/c5ccccc5C(F)(F)F)CC[C@H]4[C@@H]3CC[C@@H]12. The molecule has 0 bridgehead atoms. The monoisotopic (exact) mass is 500 g/mol. The second kappa shape index (κ2) is 8.77. The standard InChI is InChI=1S/C29H35F3N2O2/c1-27-16-14-22-19(9-12-24-28(22,2)17-15-26(36)34(24)3)21(27)10-11-23(27)33-25(35)13-8-18-6-4-5-7-20(18)29(30,31)32/h4-8,13,15,17,19,21-24H,9-12,14,16H2,1-3H3,(H,33,35)/b13-8+/t19-,21-,22-,23-,24+,27-,28+/m0/s1. The quantitative estimate of drug-likeness (QED) is 0.530. The fourth-order valence-electron chi connectivity index (χ4n) is 8.26. The smallest absolute Gasteiger partial charge is 0.349 e. The van der Waals surface area contributed by atoms with Gasteiger partial charge >= 0.3 is 6.18 Å². The largest absolute Gasteiger partial charge is 0.416 e. The third-order valence-corrected chi connectivity index (χ3v) is 10.1. The molecule has 5 rings (SSSR count). The van der Waals surface area contributed by atoms with Crippen LogP contribution in [0.3, 0.4) is 0 Å². The highest BCUT2D eigenvalue weighted by molar-refractivity contribution is 5.92. The molecule has 0 radical (unpaired) electrons. The topological polar surface area (TPSA) is 49.4 Å². The van der Waals surface area contributed by atoms with Crippen molar-refractivity contribution in [2.45, 2.75) is 70.6 Å². The molecule has 1 aromatic rings. The van der Waals surface area contributed by atoms with Gasteiger partial charge in [-0.2, -0.15) is 13.2 Å². The van der Waals surface area contributed by atoms with Crippen molar-refractivity contribution in [3.8, 4) is 0 Å². The van der Waals surface area contributed by atoms with Gasteiger partial charge in [0.05, 0.1) is 5.56 Å². The second-order valence-electron chi connectivity index (χ2n) is 11.7. The van der Waals surface area contributed by atoms with E-state index in [1.807, 2.05) is 11.9 Å². The van der Waals surface area contributed by atoms with E-state index in [0.717, 1.165) is 44.6 Å². The number of likely N-dealkylation sites (N-methyl/N-ethyl adjacent to an activating group) is 1. The number of nitrogens with one attached hydrogen (secondary N) is 1. The normalized spacial score (nSPS) is 38.0. The lowest BCUT2D eigenvalue weighted by Crippen LogP contribution is -2.60. The Hall–Kier alpha value is -2.57. The van der Waals surface area contributed by atoms with Crippen LogP contribution in [0.2, 0.25) is 0 Å². The van der Waals surface area contributed by atoms with Crippen LogP contribution in [0.4, 0.5) is 13.2 Å². The third kappa shape index (κ3) is 3.99. The summed E-state index contributed by atoms with van der Waals surface area (Å²) in [4.78, 5) is 27.0. The second-order valence-corrected chi connectivity index (χ2v) is 11.7. The van der Waals surface area contributed by atoms with E-state index in [0.29, 0.717) is 17.8 Å². The Labute approximate surface area is 211 Å². The van der Waals surface area contributed by atoms with Crippen molar-refractivity contribution in [3.05, 3.63) is 53.6 Å². The van der Waals surface area contributed by atoms with Crippen molar-refractivity contribution in [3.63, 3.8) is 0 Å². The number of carbonyl (C=O) groups excluding carboxylic acids is 2. The number of hydrogen-bond donors (Lipinski definition) is 1. The van der Waals surface area contributed by atoms with Crippen LogP contribution in [0.25, 0.3) is 6.08 Å². The minimum Gasteiger partial charge on any atom is -0.349 e. The first-order chi connectivity index (χ1) is 16.9. The van der Waals surface area contributed by atoms with Gasteiger partial charge in [-0.15, -0.1) is 0 Å². The van der Waals surface area contributed by atoms with E-state index in [9.17, 15) is 22.8 Å². The molecule has 0 saturated heterocycles. The molecule has 0 aromatic heterocycles. The molecule has 3 aliphatic carbocycles. The van der Waals surface area contributed by atoms with Gasteiger partial charge in [0.15, 0.2) is 0 Å². The van der Waals surface area contributed by atoms with Crippen LogP contribution < -0.4 is 5.32 Å². The molecule has 3 saturated carbocycles. The number of halogens is 3. The molecule has 1 aromatic carbocycles. The fraction of sp³-hybridized carbons (Fsp3) is 0.586. The summed E-state index contributed by atoms with van der Waals surface area (Å²) in [6.45, 7) is 4.60. The number of alkyl halides is 3. The van der Waals surface area contributed by atoms with Gasteiger partial charge in [0.25, 0.3) is 0 Å². The van der Waals surface area contributed by atoms with Crippen molar-refractivity contribution in [1.29, 1.82) is 0 Å². The average molecular weight is 501 g/mol. The Balaban J connectivity index is 1.30. The van der Waals surface area contributed by atoms with Gasteiger partial charge in [0.1, 0.15) is 0 Å². The van der Waals surface area contributed by atoms with Gasteiger partial charge in [-0.1, -0.05) is 38.1 Å². The van der Waals surface area contributed by atoms with E-state index in [4.69, 9.17) is 0 Å². The molecule has 7 atom stereocenters. The van der Waals surface area contributed by atoms with E-state index in [1.165, 1.54) is 30.4 Å². The molecule has 4 aliphatic rings. The summed E-state index contributed by atoms with van der Waals surface area (Å²) < 4.78 is 39.9. The highest BCUT2D eigenvalue weighted by Crippen LogP contribution is 2.63. The van der Waals surface area contributed by atoms with Crippen LogP contribution in [-0.2, 0) is 15.8 Å². The zero-order chi connectivity index (χ0) is 25.9. The summed E-state index contributed by atoms with van der Waals surface area (Å²) >= 11 is 0. The highest BCUT2D eigenvalue weighted by atomic mass is 19.4. The van der Waals surface area contributed by atoms with E-state index in [1.54, 1.807) is 6.08 Å². The Morgan fingerprint density at radius 2 is 1.83 bits per heavy atom.